The third kappa shape index (κ3) is 4.14. The van der Waals surface area contributed by atoms with Gasteiger partial charge in [0.25, 0.3) is 0 Å². The number of benzene rings is 2. The highest BCUT2D eigenvalue weighted by Gasteiger charge is 2.09. The van der Waals surface area contributed by atoms with Crippen LogP contribution in [0.2, 0.25) is 10.0 Å². The fraction of sp³-hybridized carbons (Fsp3) is 0.250. The van der Waals surface area contributed by atoms with Crippen LogP contribution in [0.25, 0.3) is 0 Å². The van der Waals surface area contributed by atoms with Crippen molar-refractivity contribution in [1.29, 1.82) is 0 Å². The number of halogens is 2. The standard InChI is InChI=1S/C16H17Cl2NO/c1-11(15-7-4-13(17)10-16(15)18)19-9-8-12-2-5-14(20)6-3-12/h2-7,10-11,19-20H,8-9H2,1H3. The lowest BCUT2D eigenvalue weighted by atomic mass is 10.1. The summed E-state index contributed by atoms with van der Waals surface area (Å²) in [4.78, 5) is 0. The van der Waals surface area contributed by atoms with Gasteiger partial charge in [-0.15, -0.1) is 0 Å². The van der Waals surface area contributed by atoms with Crippen molar-refractivity contribution >= 4 is 23.2 Å². The lowest BCUT2D eigenvalue weighted by Gasteiger charge is -2.16. The molecule has 1 unspecified atom stereocenters. The third-order valence-corrected chi connectivity index (χ3v) is 3.79. The van der Waals surface area contributed by atoms with Crippen LogP contribution in [0.1, 0.15) is 24.1 Å². The van der Waals surface area contributed by atoms with Crippen LogP contribution in [0, 0.1) is 0 Å². The molecular formula is C16H17Cl2NO. The van der Waals surface area contributed by atoms with Gasteiger partial charge >= 0.3 is 0 Å². The molecule has 0 saturated heterocycles. The van der Waals surface area contributed by atoms with E-state index in [1.54, 1.807) is 18.2 Å². The average molecular weight is 310 g/mol. The molecule has 0 bridgehead atoms. The number of phenolic OH excluding ortho intramolecular Hbond substituents is 1. The van der Waals surface area contributed by atoms with Gasteiger partial charge in [0.15, 0.2) is 0 Å². The molecule has 0 spiro atoms. The zero-order valence-electron chi connectivity index (χ0n) is 11.2. The Morgan fingerprint density at radius 1 is 1.10 bits per heavy atom. The average Bonchev–Trinajstić information content (AvgIpc) is 2.41. The smallest absolute Gasteiger partial charge is 0.115 e. The number of rotatable bonds is 5. The van der Waals surface area contributed by atoms with E-state index in [4.69, 9.17) is 23.2 Å². The zero-order chi connectivity index (χ0) is 14.5. The van der Waals surface area contributed by atoms with E-state index in [0.717, 1.165) is 18.5 Å². The summed E-state index contributed by atoms with van der Waals surface area (Å²) in [5, 5.41) is 14.0. The lowest BCUT2D eigenvalue weighted by Crippen LogP contribution is -2.21. The maximum Gasteiger partial charge on any atom is 0.115 e. The zero-order valence-corrected chi connectivity index (χ0v) is 12.7. The monoisotopic (exact) mass is 309 g/mol. The number of nitrogens with one attached hydrogen (secondary N) is 1. The number of hydrogen-bond acceptors (Lipinski definition) is 2. The molecule has 1 atom stereocenters. The molecule has 0 radical (unpaired) electrons. The van der Waals surface area contributed by atoms with Crippen molar-refractivity contribution in [2.75, 3.05) is 6.54 Å². The molecule has 0 fully saturated rings. The minimum absolute atomic E-state index is 0.164. The predicted octanol–water partition coefficient (Wildman–Crippen LogP) is 4.59. The van der Waals surface area contributed by atoms with Gasteiger partial charge in [-0.05, 0) is 55.3 Å². The van der Waals surface area contributed by atoms with Gasteiger partial charge in [0.05, 0.1) is 0 Å². The normalized spacial score (nSPS) is 12.3. The molecule has 0 aromatic heterocycles. The Morgan fingerprint density at radius 3 is 2.45 bits per heavy atom. The molecule has 0 heterocycles. The van der Waals surface area contributed by atoms with E-state index in [-0.39, 0.29) is 6.04 Å². The van der Waals surface area contributed by atoms with Crippen LogP contribution in [-0.4, -0.2) is 11.7 Å². The summed E-state index contributed by atoms with van der Waals surface area (Å²) in [7, 11) is 0. The Morgan fingerprint density at radius 2 is 1.80 bits per heavy atom. The maximum absolute atomic E-state index is 9.23. The summed E-state index contributed by atoms with van der Waals surface area (Å²) >= 11 is 12.1. The van der Waals surface area contributed by atoms with Gasteiger partial charge in [-0.25, -0.2) is 0 Å². The number of aromatic hydroxyl groups is 1. The largest absolute Gasteiger partial charge is 0.508 e. The highest BCUT2D eigenvalue weighted by atomic mass is 35.5. The van der Waals surface area contributed by atoms with E-state index >= 15 is 0 Å². The van der Waals surface area contributed by atoms with Gasteiger partial charge in [0.2, 0.25) is 0 Å². The van der Waals surface area contributed by atoms with Crippen molar-refractivity contribution in [1.82, 2.24) is 5.32 Å². The summed E-state index contributed by atoms with van der Waals surface area (Å²) in [6.45, 7) is 2.91. The molecule has 2 rings (SSSR count). The quantitative estimate of drug-likeness (QED) is 0.846. The van der Waals surface area contributed by atoms with E-state index in [0.29, 0.717) is 15.8 Å². The molecule has 0 aliphatic rings. The molecule has 2 aromatic carbocycles. The first-order chi connectivity index (χ1) is 9.56. The van der Waals surface area contributed by atoms with Crippen molar-refractivity contribution in [2.24, 2.45) is 0 Å². The van der Waals surface area contributed by atoms with E-state index in [1.165, 1.54) is 5.56 Å². The third-order valence-electron chi connectivity index (χ3n) is 3.23. The van der Waals surface area contributed by atoms with Gasteiger partial charge in [-0.1, -0.05) is 41.4 Å². The first kappa shape index (κ1) is 15.2. The number of phenols is 1. The number of hydrogen-bond donors (Lipinski definition) is 2. The van der Waals surface area contributed by atoms with Gasteiger partial charge < -0.3 is 10.4 Å². The predicted molar refractivity (Wildman–Crippen MR) is 84.7 cm³/mol. The molecule has 4 heteroatoms. The van der Waals surface area contributed by atoms with Crippen molar-refractivity contribution in [2.45, 2.75) is 19.4 Å². The van der Waals surface area contributed by atoms with Gasteiger partial charge in [0, 0.05) is 16.1 Å². The summed E-state index contributed by atoms with van der Waals surface area (Å²) in [5.41, 5.74) is 2.23. The maximum atomic E-state index is 9.23. The fourth-order valence-electron chi connectivity index (χ4n) is 2.06. The lowest BCUT2D eigenvalue weighted by molar-refractivity contribution is 0.475. The summed E-state index contributed by atoms with van der Waals surface area (Å²) in [6, 6.07) is 13.0. The molecule has 0 aliphatic heterocycles. The molecule has 2 N–H and O–H groups in total. The second-order valence-electron chi connectivity index (χ2n) is 4.76. The fourth-order valence-corrected chi connectivity index (χ4v) is 2.63. The van der Waals surface area contributed by atoms with Crippen molar-refractivity contribution in [3.05, 3.63) is 63.6 Å². The van der Waals surface area contributed by atoms with Gasteiger partial charge in [-0.2, -0.15) is 0 Å². The van der Waals surface area contributed by atoms with E-state index in [2.05, 4.69) is 12.2 Å². The molecule has 20 heavy (non-hydrogen) atoms. The summed E-state index contributed by atoms with van der Waals surface area (Å²) in [6.07, 6.45) is 0.899. The minimum Gasteiger partial charge on any atom is -0.508 e. The minimum atomic E-state index is 0.164. The first-order valence-corrected chi connectivity index (χ1v) is 7.28. The van der Waals surface area contributed by atoms with Crippen LogP contribution in [0.4, 0.5) is 0 Å². The second-order valence-corrected chi connectivity index (χ2v) is 5.60. The van der Waals surface area contributed by atoms with Crippen LogP contribution >= 0.6 is 23.2 Å². The Balaban J connectivity index is 1.88. The second kappa shape index (κ2) is 6.98. The molecule has 0 amide bonds. The Bertz CT molecular complexity index is 569. The van der Waals surface area contributed by atoms with Crippen molar-refractivity contribution < 1.29 is 5.11 Å². The van der Waals surface area contributed by atoms with Crippen LogP contribution in [0.15, 0.2) is 42.5 Å². The Hall–Kier alpha value is -1.22. The van der Waals surface area contributed by atoms with Crippen molar-refractivity contribution in [3.63, 3.8) is 0 Å². The van der Waals surface area contributed by atoms with Crippen LogP contribution in [0.3, 0.4) is 0 Å². The molecule has 106 valence electrons. The highest BCUT2D eigenvalue weighted by molar-refractivity contribution is 6.35. The first-order valence-electron chi connectivity index (χ1n) is 6.52. The van der Waals surface area contributed by atoms with Crippen LogP contribution in [0.5, 0.6) is 5.75 Å². The van der Waals surface area contributed by atoms with E-state index in [1.807, 2.05) is 24.3 Å². The molecule has 0 saturated carbocycles. The van der Waals surface area contributed by atoms with E-state index < -0.39 is 0 Å². The summed E-state index contributed by atoms with van der Waals surface area (Å²) in [5.74, 6) is 0.294. The topological polar surface area (TPSA) is 32.3 Å². The molecule has 0 aliphatic carbocycles. The van der Waals surface area contributed by atoms with Crippen LogP contribution in [-0.2, 0) is 6.42 Å². The Labute approximate surface area is 129 Å². The molecule has 2 nitrogen and oxygen atoms in total. The summed E-state index contributed by atoms with van der Waals surface area (Å²) < 4.78 is 0. The molecular weight excluding hydrogens is 293 g/mol. The van der Waals surface area contributed by atoms with Gasteiger partial charge in [0.1, 0.15) is 5.75 Å². The highest BCUT2D eigenvalue weighted by Crippen LogP contribution is 2.26. The van der Waals surface area contributed by atoms with E-state index in [9.17, 15) is 5.11 Å². The van der Waals surface area contributed by atoms with Gasteiger partial charge in [-0.3, -0.25) is 0 Å². The molecule has 2 aromatic rings. The van der Waals surface area contributed by atoms with Crippen LogP contribution < -0.4 is 5.32 Å². The SMILES string of the molecule is CC(NCCc1ccc(O)cc1)c1ccc(Cl)cc1Cl. The van der Waals surface area contributed by atoms with Crippen molar-refractivity contribution in [3.8, 4) is 5.75 Å². The Kier molecular flexibility index (Phi) is 5.30.